The smallest absolute Gasteiger partial charge is 0.170 e. The summed E-state index contributed by atoms with van der Waals surface area (Å²) >= 11 is 3.51. The average molecular weight is 404 g/mol. The second-order valence-electron chi connectivity index (χ2n) is 6.58. The minimum absolute atomic E-state index is 0.0349. The van der Waals surface area contributed by atoms with Gasteiger partial charge in [-0.3, -0.25) is 4.79 Å². The summed E-state index contributed by atoms with van der Waals surface area (Å²) in [6, 6.07) is 9.49. The van der Waals surface area contributed by atoms with Crippen LogP contribution in [0.2, 0.25) is 0 Å². The number of para-hydroxylation sites is 1. The number of fused-ring (bicyclic) bond motifs is 7. The Hall–Kier alpha value is -2.99. The fourth-order valence-corrected chi connectivity index (χ4v) is 4.63. The zero-order valence-electron chi connectivity index (χ0n) is 13.3. The average Bonchev–Trinajstić information content (AvgIpc) is 3.29. The summed E-state index contributed by atoms with van der Waals surface area (Å²) < 4.78 is 0.792. The minimum Gasteiger partial charge on any atom is -0.507 e. The Labute approximate surface area is 154 Å². The summed E-state index contributed by atoms with van der Waals surface area (Å²) in [5.41, 5.74) is 4.19. The number of hydrogen-bond donors (Lipinski definition) is 2. The van der Waals surface area contributed by atoms with E-state index in [-0.39, 0.29) is 11.5 Å². The van der Waals surface area contributed by atoms with Crippen LogP contribution in [0.25, 0.3) is 5.57 Å². The van der Waals surface area contributed by atoms with Gasteiger partial charge in [0, 0.05) is 28.6 Å². The van der Waals surface area contributed by atoms with Crippen LogP contribution < -0.4 is 10.6 Å². The Morgan fingerprint density at radius 2 is 1.96 bits per heavy atom. The van der Waals surface area contributed by atoms with Gasteiger partial charge in [-0.2, -0.15) is 0 Å². The molecule has 124 valence electrons. The molecule has 0 spiro atoms. The number of halogens is 1. The predicted molar refractivity (Wildman–Crippen MR) is 99.5 cm³/mol. The van der Waals surface area contributed by atoms with Crippen LogP contribution in [0, 0.1) is 10.4 Å². The lowest BCUT2D eigenvalue weighted by Gasteiger charge is -2.14. The maximum absolute atomic E-state index is 12.8. The molecule has 2 N–H and O–H groups in total. The van der Waals surface area contributed by atoms with Gasteiger partial charge in [0.2, 0.25) is 0 Å². The minimum atomic E-state index is -0.0349. The number of carbonyl (C=O) groups is 1. The molecule has 2 aliphatic heterocycles. The van der Waals surface area contributed by atoms with E-state index in [4.69, 9.17) is 9.98 Å². The van der Waals surface area contributed by atoms with E-state index >= 15 is 0 Å². The van der Waals surface area contributed by atoms with Gasteiger partial charge in [-0.05, 0) is 33.6 Å². The highest BCUT2D eigenvalue weighted by molar-refractivity contribution is 9.10. The number of hydrogen-bond acceptors (Lipinski definition) is 4. The van der Waals surface area contributed by atoms with E-state index in [1.54, 1.807) is 6.07 Å². The molecule has 3 aliphatic rings. The van der Waals surface area contributed by atoms with Crippen LogP contribution in [0.15, 0.2) is 51.1 Å². The van der Waals surface area contributed by atoms with Crippen molar-refractivity contribution >= 4 is 44.4 Å². The topological polar surface area (TPSA) is 77.8 Å². The fraction of sp³-hybridized carbons (Fsp3) is 0.0500. The molecule has 0 amide bonds. The number of aromatic hydroxyl groups is 1. The van der Waals surface area contributed by atoms with Crippen molar-refractivity contribution in [1.82, 2.24) is 4.98 Å². The molecule has 2 aromatic carbocycles. The van der Waals surface area contributed by atoms with Gasteiger partial charge in [-0.15, -0.1) is 0 Å². The third-order valence-corrected chi connectivity index (χ3v) is 5.80. The number of phenolic OH excluding ortho intramolecular Hbond substituents is 1. The highest BCUT2D eigenvalue weighted by Gasteiger charge is 2.36. The lowest BCUT2D eigenvalue weighted by molar-refractivity contribution is -0.113. The summed E-state index contributed by atoms with van der Waals surface area (Å²) in [4.78, 5) is 25.4. The quantitative estimate of drug-likeness (QED) is 0.472. The molecule has 26 heavy (non-hydrogen) atoms. The van der Waals surface area contributed by atoms with Crippen molar-refractivity contribution in [1.29, 1.82) is 0 Å². The monoisotopic (exact) mass is 403 g/mol. The molecule has 0 atom stereocenters. The van der Waals surface area contributed by atoms with E-state index in [1.807, 2.05) is 30.5 Å². The van der Waals surface area contributed by atoms with E-state index in [2.05, 4.69) is 20.9 Å². The Balaban J connectivity index is 1.82. The second-order valence-corrected chi connectivity index (χ2v) is 7.38. The molecule has 0 saturated heterocycles. The lowest BCUT2D eigenvalue weighted by atomic mass is 9.87. The Morgan fingerprint density at radius 3 is 2.85 bits per heavy atom. The van der Waals surface area contributed by atoms with Crippen molar-refractivity contribution < 1.29 is 9.90 Å². The van der Waals surface area contributed by atoms with E-state index < -0.39 is 0 Å². The van der Waals surface area contributed by atoms with Gasteiger partial charge in [0.25, 0.3) is 0 Å². The number of aliphatic imine (C=N–C) groups is 1. The first kappa shape index (κ1) is 14.2. The molecular weight excluding hydrogens is 394 g/mol. The van der Waals surface area contributed by atoms with Gasteiger partial charge in [-0.1, -0.05) is 18.2 Å². The molecule has 0 fully saturated rings. The summed E-state index contributed by atoms with van der Waals surface area (Å²) in [7, 11) is 0. The summed E-state index contributed by atoms with van der Waals surface area (Å²) in [5, 5.41) is 13.9. The van der Waals surface area contributed by atoms with Crippen LogP contribution in [0.3, 0.4) is 0 Å². The van der Waals surface area contributed by atoms with Gasteiger partial charge in [0.1, 0.15) is 11.4 Å². The third-order valence-electron chi connectivity index (χ3n) is 5.17. The van der Waals surface area contributed by atoms with E-state index in [9.17, 15) is 9.90 Å². The Kier molecular flexibility index (Phi) is 2.51. The Morgan fingerprint density at radius 1 is 1.12 bits per heavy atom. The Bertz CT molecular complexity index is 1450. The first-order chi connectivity index (χ1) is 12.6. The van der Waals surface area contributed by atoms with Crippen molar-refractivity contribution in [2.75, 3.05) is 0 Å². The number of nitrogens with zero attached hydrogens (tertiary/aromatic N) is 2. The molecule has 6 rings (SSSR count). The first-order valence-electron chi connectivity index (χ1n) is 8.20. The fourth-order valence-electron chi connectivity index (χ4n) is 4.07. The van der Waals surface area contributed by atoms with Crippen LogP contribution >= 0.6 is 15.9 Å². The van der Waals surface area contributed by atoms with Crippen LogP contribution in [-0.2, 0) is 11.2 Å². The number of carbonyl (C=O) groups excluding carboxylic acids is 1. The maximum Gasteiger partial charge on any atom is 0.170 e. The molecule has 3 heterocycles. The largest absolute Gasteiger partial charge is 0.507 e. The van der Waals surface area contributed by atoms with Gasteiger partial charge in [0.05, 0.1) is 32.2 Å². The van der Waals surface area contributed by atoms with Gasteiger partial charge in [-0.25, -0.2) is 9.98 Å². The van der Waals surface area contributed by atoms with Gasteiger partial charge >= 0.3 is 0 Å². The SMILES string of the molecule is O=C1Cc2c[nH]c(Br)c2C2=Nc3c4c(cc(O)c3=C12)=c1ccccc1=N4. The number of Topliss-reactive ketones (excluding diaryl/α,β-unsaturated/α-hetero) is 1. The standard InChI is InChI=1S/C20H10BrN3O2/c21-20-14-8(7-22-20)5-12(25)15-16-13(26)6-10-9-3-1-2-4-11(9)23-17(10)19(16)24-18(14)15/h1-4,6-7,22,26H,5H2. The number of nitrogens with one attached hydrogen (secondary N) is 1. The molecule has 5 nitrogen and oxygen atoms in total. The van der Waals surface area contributed by atoms with Crippen molar-refractivity contribution in [2.45, 2.75) is 6.42 Å². The number of aromatic amines is 1. The normalized spacial score (nSPS) is 15.7. The summed E-state index contributed by atoms with van der Waals surface area (Å²) in [6.07, 6.45) is 2.11. The van der Waals surface area contributed by atoms with Gasteiger partial charge < -0.3 is 10.1 Å². The van der Waals surface area contributed by atoms with E-state index in [1.165, 1.54) is 0 Å². The van der Waals surface area contributed by atoms with Crippen molar-refractivity contribution in [2.24, 2.45) is 9.98 Å². The number of ketones is 1. The first-order valence-corrected chi connectivity index (χ1v) is 8.99. The number of aromatic nitrogens is 1. The molecule has 1 aliphatic carbocycles. The highest BCUT2D eigenvalue weighted by atomic mass is 79.9. The third kappa shape index (κ3) is 1.58. The maximum atomic E-state index is 12.8. The zero-order valence-corrected chi connectivity index (χ0v) is 14.9. The molecule has 3 aromatic rings. The second kappa shape index (κ2) is 4.59. The van der Waals surface area contributed by atoms with E-state index in [0.717, 1.165) is 37.2 Å². The molecular formula is C20H10BrN3O2. The van der Waals surface area contributed by atoms with Crippen molar-refractivity contribution in [3.05, 3.63) is 73.3 Å². The van der Waals surface area contributed by atoms with Gasteiger partial charge in [0.15, 0.2) is 5.78 Å². The highest BCUT2D eigenvalue weighted by Crippen LogP contribution is 2.40. The molecule has 0 bridgehead atoms. The summed E-state index contributed by atoms with van der Waals surface area (Å²) in [5.74, 6) is 0.0372. The van der Waals surface area contributed by atoms with E-state index in [0.29, 0.717) is 28.6 Å². The predicted octanol–water partition coefficient (Wildman–Crippen LogP) is 2.44. The van der Waals surface area contributed by atoms with Crippen LogP contribution in [-0.4, -0.2) is 21.6 Å². The summed E-state index contributed by atoms with van der Waals surface area (Å²) in [6.45, 7) is 0. The van der Waals surface area contributed by atoms with Crippen LogP contribution in [0.5, 0.6) is 5.75 Å². The van der Waals surface area contributed by atoms with Crippen LogP contribution in [0.1, 0.15) is 11.1 Å². The number of rotatable bonds is 0. The number of benzene rings is 2. The van der Waals surface area contributed by atoms with Crippen LogP contribution in [0.4, 0.5) is 11.4 Å². The zero-order chi connectivity index (χ0) is 17.6. The van der Waals surface area contributed by atoms with Crippen molar-refractivity contribution in [3.8, 4) is 5.75 Å². The molecule has 1 aromatic heterocycles. The molecule has 0 unspecified atom stereocenters. The lowest BCUT2D eigenvalue weighted by Crippen LogP contribution is -2.25. The number of phenols is 1. The molecule has 0 saturated carbocycles. The number of H-pyrrole nitrogens is 1. The van der Waals surface area contributed by atoms with Crippen molar-refractivity contribution in [3.63, 3.8) is 0 Å². The molecule has 6 heteroatoms. The molecule has 0 radical (unpaired) electrons.